The van der Waals surface area contributed by atoms with E-state index in [1.807, 2.05) is 18.2 Å². The van der Waals surface area contributed by atoms with Crippen molar-refractivity contribution in [2.24, 2.45) is 16.8 Å². The number of ether oxygens (including phenoxy) is 2. The molecule has 1 fully saturated rings. The van der Waals surface area contributed by atoms with E-state index < -0.39 is 0 Å². The Morgan fingerprint density at radius 3 is 2.86 bits per heavy atom. The Balaban J connectivity index is 1.58. The lowest BCUT2D eigenvalue weighted by Gasteiger charge is -2.11. The van der Waals surface area contributed by atoms with Gasteiger partial charge in [-0.25, -0.2) is 4.99 Å². The number of nitrogens with zero attached hydrogens (tertiary/aromatic N) is 1. The Morgan fingerprint density at radius 1 is 1.29 bits per heavy atom. The predicted octanol–water partition coefficient (Wildman–Crippen LogP) is 2.13. The van der Waals surface area contributed by atoms with Gasteiger partial charge in [-0.05, 0) is 42.9 Å². The van der Waals surface area contributed by atoms with Gasteiger partial charge in [0.15, 0.2) is 17.5 Å². The summed E-state index contributed by atoms with van der Waals surface area (Å²) in [5.74, 6) is 4.17. The van der Waals surface area contributed by atoms with Crippen LogP contribution < -0.4 is 20.1 Å². The maximum Gasteiger partial charge on any atom is 0.231 e. The fraction of sp³-hybridized carbons (Fsp3) is 0.562. The van der Waals surface area contributed by atoms with Crippen LogP contribution in [0.3, 0.4) is 0 Å². The van der Waals surface area contributed by atoms with Crippen molar-refractivity contribution in [3.8, 4) is 11.5 Å². The molecule has 5 nitrogen and oxygen atoms in total. The molecule has 1 heterocycles. The van der Waals surface area contributed by atoms with E-state index in [4.69, 9.17) is 9.47 Å². The normalized spacial score (nSPS) is 23.0. The minimum atomic E-state index is 0.311. The lowest BCUT2D eigenvalue weighted by Crippen LogP contribution is -2.38. The molecule has 5 heteroatoms. The van der Waals surface area contributed by atoms with Crippen molar-refractivity contribution in [2.45, 2.75) is 26.8 Å². The first-order valence-electron chi connectivity index (χ1n) is 7.67. The number of fused-ring (bicyclic) bond motifs is 1. The summed E-state index contributed by atoms with van der Waals surface area (Å²) in [6, 6.07) is 5.97. The predicted molar refractivity (Wildman–Crippen MR) is 82.7 cm³/mol. The Bertz CT molecular complexity index is 530. The van der Waals surface area contributed by atoms with Crippen molar-refractivity contribution >= 4 is 5.96 Å². The standard InChI is InChI=1S/C16H23N3O2/c1-3-17-16(19-9-13-6-11(13)2)18-8-12-4-5-14-15(7-12)21-10-20-14/h4-5,7,11,13H,3,6,8-10H2,1-2H3,(H2,17,18,19). The molecule has 1 aromatic carbocycles. The molecule has 21 heavy (non-hydrogen) atoms. The molecule has 0 saturated heterocycles. The molecule has 2 atom stereocenters. The number of hydrogen-bond donors (Lipinski definition) is 2. The number of rotatable bonds is 5. The quantitative estimate of drug-likeness (QED) is 0.644. The van der Waals surface area contributed by atoms with Gasteiger partial charge in [0.2, 0.25) is 6.79 Å². The van der Waals surface area contributed by atoms with Crippen LogP contribution in [-0.4, -0.2) is 25.8 Å². The van der Waals surface area contributed by atoms with Gasteiger partial charge in [-0.1, -0.05) is 13.0 Å². The van der Waals surface area contributed by atoms with Gasteiger partial charge < -0.3 is 20.1 Å². The minimum absolute atomic E-state index is 0.311. The summed E-state index contributed by atoms with van der Waals surface area (Å²) < 4.78 is 10.7. The molecule has 0 spiro atoms. The van der Waals surface area contributed by atoms with Crippen molar-refractivity contribution in [1.29, 1.82) is 0 Å². The first-order chi connectivity index (χ1) is 10.3. The third-order valence-corrected chi connectivity index (χ3v) is 4.01. The lowest BCUT2D eigenvalue weighted by molar-refractivity contribution is 0.174. The Morgan fingerprint density at radius 2 is 2.10 bits per heavy atom. The van der Waals surface area contributed by atoms with Gasteiger partial charge in [0.1, 0.15) is 0 Å². The number of guanidine groups is 1. The van der Waals surface area contributed by atoms with E-state index in [2.05, 4.69) is 29.5 Å². The molecule has 1 aromatic rings. The van der Waals surface area contributed by atoms with Crippen LogP contribution in [0.25, 0.3) is 0 Å². The van der Waals surface area contributed by atoms with Gasteiger partial charge in [-0.3, -0.25) is 0 Å². The van der Waals surface area contributed by atoms with Crippen LogP contribution in [0.1, 0.15) is 25.8 Å². The first kappa shape index (κ1) is 14.0. The van der Waals surface area contributed by atoms with Gasteiger partial charge in [0.25, 0.3) is 0 Å². The lowest BCUT2D eigenvalue weighted by atomic mass is 10.2. The van der Waals surface area contributed by atoms with E-state index in [-0.39, 0.29) is 0 Å². The summed E-state index contributed by atoms with van der Waals surface area (Å²) in [4.78, 5) is 4.63. The Hall–Kier alpha value is -1.91. The maximum atomic E-state index is 5.39. The highest BCUT2D eigenvalue weighted by molar-refractivity contribution is 5.79. The van der Waals surface area contributed by atoms with E-state index in [0.717, 1.165) is 47.9 Å². The van der Waals surface area contributed by atoms with E-state index in [9.17, 15) is 0 Å². The molecule has 1 aliphatic heterocycles. The average Bonchev–Trinajstić information content (AvgIpc) is 3.00. The molecule has 1 aliphatic carbocycles. The highest BCUT2D eigenvalue weighted by Crippen LogP contribution is 2.36. The topological polar surface area (TPSA) is 54.9 Å². The van der Waals surface area contributed by atoms with Crippen molar-refractivity contribution in [3.63, 3.8) is 0 Å². The van der Waals surface area contributed by atoms with Crippen LogP contribution in [0.2, 0.25) is 0 Å². The second-order valence-electron chi connectivity index (χ2n) is 5.74. The molecule has 2 unspecified atom stereocenters. The van der Waals surface area contributed by atoms with Crippen molar-refractivity contribution < 1.29 is 9.47 Å². The molecule has 0 bridgehead atoms. The molecular formula is C16H23N3O2. The number of aliphatic imine (C=N–C) groups is 1. The van der Waals surface area contributed by atoms with Crippen LogP contribution >= 0.6 is 0 Å². The zero-order valence-corrected chi connectivity index (χ0v) is 12.7. The van der Waals surface area contributed by atoms with Crippen molar-refractivity contribution in [2.75, 3.05) is 19.9 Å². The van der Waals surface area contributed by atoms with E-state index in [0.29, 0.717) is 13.3 Å². The smallest absolute Gasteiger partial charge is 0.231 e. The molecule has 2 N–H and O–H groups in total. The van der Waals surface area contributed by atoms with Crippen LogP contribution in [0.5, 0.6) is 11.5 Å². The molecule has 2 aliphatic rings. The second-order valence-corrected chi connectivity index (χ2v) is 5.74. The van der Waals surface area contributed by atoms with E-state index in [1.54, 1.807) is 0 Å². The molecule has 0 radical (unpaired) electrons. The van der Waals surface area contributed by atoms with Crippen LogP contribution in [0.15, 0.2) is 23.2 Å². The third-order valence-electron chi connectivity index (χ3n) is 4.01. The summed E-state index contributed by atoms with van der Waals surface area (Å²) in [5.41, 5.74) is 1.12. The fourth-order valence-corrected chi connectivity index (χ4v) is 2.46. The van der Waals surface area contributed by atoms with E-state index in [1.165, 1.54) is 6.42 Å². The SMILES string of the molecule is CCNC(=NCc1ccc2c(c1)OCO2)NCC1CC1C. The molecule has 1 saturated carbocycles. The summed E-state index contributed by atoms with van der Waals surface area (Å²) in [7, 11) is 0. The summed E-state index contributed by atoms with van der Waals surface area (Å²) in [5, 5.41) is 6.70. The van der Waals surface area contributed by atoms with Crippen LogP contribution in [0.4, 0.5) is 0 Å². The molecule has 0 amide bonds. The first-order valence-corrected chi connectivity index (χ1v) is 7.67. The highest BCUT2D eigenvalue weighted by Gasteiger charge is 2.32. The average molecular weight is 289 g/mol. The van der Waals surface area contributed by atoms with Crippen molar-refractivity contribution in [3.05, 3.63) is 23.8 Å². The van der Waals surface area contributed by atoms with Gasteiger partial charge in [0, 0.05) is 13.1 Å². The minimum Gasteiger partial charge on any atom is -0.454 e. The van der Waals surface area contributed by atoms with Crippen LogP contribution in [-0.2, 0) is 6.54 Å². The van der Waals surface area contributed by atoms with Gasteiger partial charge in [-0.15, -0.1) is 0 Å². The number of benzene rings is 1. The van der Waals surface area contributed by atoms with Gasteiger partial charge in [0.05, 0.1) is 6.54 Å². The Labute approximate surface area is 125 Å². The summed E-state index contributed by atoms with van der Waals surface area (Å²) >= 11 is 0. The number of nitrogens with one attached hydrogen (secondary N) is 2. The summed E-state index contributed by atoms with van der Waals surface area (Å²) in [6.45, 7) is 7.19. The molecule has 3 rings (SSSR count). The van der Waals surface area contributed by atoms with Crippen LogP contribution in [0, 0.1) is 11.8 Å². The molecule has 114 valence electrons. The van der Waals surface area contributed by atoms with Gasteiger partial charge >= 0.3 is 0 Å². The maximum absolute atomic E-state index is 5.39. The molecular weight excluding hydrogens is 266 g/mol. The number of hydrogen-bond acceptors (Lipinski definition) is 3. The highest BCUT2D eigenvalue weighted by atomic mass is 16.7. The van der Waals surface area contributed by atoms with Crippen molar-refractivity contribution in [1.82, 2.24) is 10.6 Å². The zero-order chi connectivity index (χ0) is 14.7. The zero-order valence-electron chi connectivity index (χ0n) is 12.7. The summed E-state index contributed by atoms with van der Waals surface area (Å²) in [6.07, 6.45) is 1.33. The monoisotopic (exact) mass is 289 g/mol. The van der Waals surface area contributed by atoms with E-state index >= 15 is 0 Å². The second kappa shape index (κ2) is 6.24. The fourth-order valence-electron chi connectivity index (χ4n) is 2.46. The Kier molecular flexibility index (Phi) is 4.18. The third kappa shape index (κ3) is 3.60. The van der Waals surface area contributed by atoms with Gasteiger partial charge in [-0.2, -0.15) is 0 Å². The molecule has 0 aromatic heterocycles. The largest absolute Gasteiger partial charge is 0.454 e.